The zero-order valence-electron chi connectivity index (χ0n) is 11.7. The third-order valence-electron chi connectivity index (χ3n) is 2.84. The molecule has 0 atom stereocenters. The molecule has 0 saturated heterocycles. The predicted molar refractivity (Wildman–Crippen MR) is 78.6 cm³/mol. The summed E-state index contributed by atoms with van der Waals surface area (Å²) in [7, 11) is 0. The topological polar surface area (TPSA) is 49.9 Å². The van der Waals surface area contributed by atoms with Crippen LogP contribution in [0.5, 0.6) is 0 Å². The van der Waals surface area contributed by atoms with Gasteiger partial charge in [-0.05, 0) is 44.5 Å². The van der Waals surface area contributed by atoms with Gasteiger partial charge in [0.1, 0.15) is 5.60 Å². The van der Waals surface area contributed by atoms with Crippen molar-refractivity contribution in [3.63, 3.8) is 0 Å². The Kier molecular flexibility index (Phi) is 3.90. The van der Waals surface area contributed by atoms with Crippen molar-refractivity contribution >= 4 is 34.4 Å². The van der Waals surface area contributed by atoms with Gasteiger partial charge in [-0.3, -0.25) is 14.6 Å². The van der Waals surface area contributed by atoms with E-state index < -0.39 is 17.1 Å². The summed E-state index contributed by atoms with van der Waals surface area (Å²) >= 11 is 5.57. The van der Waals surface area contributed by atoms with Crippen LogP contribution in [0.4, 0.5) is 21.0 Å². The Morgan fingerprint density at radius 3 is 2.10 bits per heavy atom. The second-order valence-electron chi connectivity index (χ2n) is 5.53. The van der Waals surface area contributed by atoms with Gasteiger partial charge in [0, 0.05) is 13.1 Å². The van der Waals surface area contributed by atoms with Gasteiger partial charge in [0.15, 0.2) is 0 Å². The van der Waals surface area contributed by atoms with Gasteiger partial charge in [-0.1, -0.05) is 12.1 Å². The minimum Gasteiger partial charge on any atom is -0.443 e. The average Bonchev–Trinajstić information content (AvgIpc) is 2.35. The molecule has 1 heterocycles. The van der Waals surface area contributed by atoms with Crippen molar-refractivity contribution < 1.29 is 14.3 Å². The van der Waals surface area contributed by atoms with Gasteiger partial charge in [-0.25, -0.2) is 4.79 Å². The number of amides is 2. The van der Waals surface area contributed by atoms with E-state index >= 15 is 0 Å². The molecule has 5 nitrogen and oxygen atoms in total. The Balaban J connectivity index is 2.32. The Bertz CT molecular complexity index is 539. The van der Waals surface area contributed by atoms with Crippen molar-refractivity contribution in [3.8, 4) is 0 Å². The maximum Gasteiger partial charge on any atom is 0.414 e. The molecule has 0 spiro atoms. The molecule has 2 rings (SSSR count). The number of hydrogen-bond donors (Lipinski definition) is 0. The molecule has 0 unspecified atom stereocenters. The predicted octanol–water partition coefficient (Wildman–Crippen LogP) is 3.61. The highest BCUT2D eigenvalue weighted by atomic mass is 35.5. The van der Waals surface area contributed by atoms with Crippen LogP contribution < -0.4 is 9.80 Å². The molecule has 1 aliphatic rings. The Labute approximate surface area is 123 Å². The van der Waals surface area contributed by atoms with Crippen LogP contribution in [0.2, 0.25) is 0 Å². The van der Waals surface area contributed by atoms with E-state index in [0.29, 0.717) is 24.5 Å². The molecule has 0 N–H and O–H groups in total. The number of halogens is 1. The van der Waals surface area contributed by atoms with Gasteiger partial charge in [0.05, 0.1) is 11.4 Å². The van der Waals surface area contributed by atoms with Crippen LogP contribution in [0, 0.1) is 0 Å². The molecule has 0 saturated carbocycles. The maximum atomic E-state index is 12.2. The zero-order valence-corrected chi connectivity index (χ0v) is 12.5. The summed E-state index contributed by atoms with van der Waals surface area (Å²) in [5.41, 5.74) is 0.678. The van der Waals surface area contributed by atoms with E-state index in [1.165, 1.54) is 9.80 Å². The fourth-order valence-electron chi connectivity index (χ4n) is 2.05. The van der Waals surface area contributed by atoms with Gasteiger partial charge in [-0.2, -0.15) is 0 Å². The Morgan fingerprint density at radius 2 is 1.60 bits per heavy atom. The highest BCUT2D eigenvalue weighted by Gasteiger charge is 2.31. The van der Waals surface area contributed by atoms with E-state index in [0.717, 1.165) is 0 Å². The summed E-state index contributed by atoms with van der Waals surface area (Å²) in [6.45, 7) is 6.14. The molecule has 0 fully saturated rings. The number of carbonyl (C=O) groups excluding carboxylic acids is 2. The Morgan fingerprint density at radius 1 is 1.10 bits per heavy atom. The molecule has 20 heavy (non-hydrogen) atoms. The minimum atomic E-state index is -0.564. The third-order valence-corrected chi connectivity index (χ3v) is 3.04. The van der Waals surface area contributed by atoms with E-state index in [4.69, 9.17) is 16.3 Å². The van der Waals surface area contributed by atoms with Crippen LogP contribution in [0.15, 0.2) is 24.3 Å². The molecule has 0 aromatic heterocycles. The van der Waals surface area contributed by atoms with Crippen LogP contribution in [-0.2, 0) is 4.74 Å². The first-order chi connectivity index (χ1) is 9.29. The fourth-order valence-corrected chi connectivity index (χ4v) is 2.23. The van der Waals surface area contributed by atoms with Crippen molar-refractivity contribution in [3.05, 3.63) is 24.3 Å². The first-order valence-electron chi connectivity index (χ1n) is 6.36. The normalized spacial score (nSPS) is 14.8. The van der Waals surface area contributed by atoms with Gasteiger partial charge >= 0.3 is 11.5 Å². The van der Waals surface area contributed by atoms with E-state index in [1.54, 1.807) is 24.3 Å². The number of nitrogens with zero attached hydrogens (tertiary/aromatic N) is 2. The van der Waals surface area contributed by atoms with Crippen LogP contribution in [0.3, 0.4) is 0 Å². The van der Waals surface area contributed by atoms with Crippen molar-refractivity contribution in [2.75, 3.05) is 22.9 Å². The van der Waals surface area contributed by atoms with Crippen LogP contribution >= 0.6 is 11.6 Å². The molecular weight excluding hydrogens is 280 g/mol. The summed E-state index contributed by atoms with van der Waals surface area (Å²) in [6.07, 6.45) is -0.424. The Hall–Kier alpha value is -1.75. The minimum absolute atomic E-state index is 0.346. The first kappa shape index (κ1) is 14.7. The SMILES string of the molecule is CC(C)(C)OC(=O)N1CCN(C(=O)Cl)c2ccccc21. The maximum absolute atomic E-state index is 12.2. The van der Waals surface area contributed by atoms with Crippen molar-refractivity contribution in [2.45, 2.75) is 26.4 Å². The summed E-state index contributed by atoms with van der Waals surface area (Å²) in [5.74, 6) is 0. The standard InChI is InChI=1S/C14H17ClN2O3/c1-14(2,3)20-13(19)17-9-8-16(12(15)18)10-6-4-5-7-11(10)17/h4-7H,8-9H2,1-3H3. The van der Waals surface area contributed by atoms with Gasteiger partial charge < -0.3 is 4.74 Å². The van der Waals surface area contributed by atoms with E-state index in [-0.39, 0.29) is 0 Å². The van der Waals surface area contributed by atoms with Gasteiger partial charge in [-0.15, -0.1) is 0 Å². The molecular formula is C14H17ClN2O3. The van der Waals surface area contributed by atoms with Crippen LogP contribution in [-0.4, -0.2) is 30.2 Å². The third kappa shape index (κ3) is 3.04. The summed E-state index contributed by atoms with van der Waals surface area (Å²) < 4.78 is 5.38. The van der Waals surface area contributed by atoms with Crippen LogP contribution in [0.25, 0.3) is 0 Å². The van der Waals surface area contributed by atoms with Crippen LogP contribution in [0.1, 0.15) is 20.8 Å². The molecule has 108 valence electrons. The molecule has 1 aliphatic heterocycles. The number of benzene rings is 1. The number of hydrogen-bond acceptors (Lipinski definition) is 3. The highest BCUT2D eigenvalue weighted by molar-refractivity contribution is 6.66. The summed E-state index contributed by atoms with van der Waals surface area (Å²) in [4.78, 5) is 26.6. The molecule has 0 radical (unpaired) electrons. The number of anilines is 2. The van der Waals surface area contributed by atoms with Crippen molar-refractivity contribution in [2.24, 2.45) is 0 Å². The average molecular weight is 297 g/mol. The number of carbonyl (C=O) groups is 2. The lowest BCUT2D eigenvalue weighted by Gasteiger charge is -2.36. The number of ether oxygens (including phenoxy) is 1. The van der Waals surface area contributed by atoms with Crippen molar-refractivity contribution in [1.29, 1.82) is 0 Å². The second kappa shape index (κ2) is 5.32. The molecule has 1 aromatic carbocycles. The lowest BCUT2D eigenvalue weighted by molar-refractivity contribution is 0.0580. The van der Waals surface area contributed by atoms with E-state index in [1.807, 2.05) is 20.8 Å². The first-order valence-corrected chi connectivity index (χ1v) is 6.74. The quantitative estimate of drug-likeness (QED) is 0.543. The lowest BCUT2D eigenvalue weighted by Crippen LogP contribution is -2.46. The molecule has 1 aromatic rings. The number of rotatable bonds is 0. The molecule has 2 amide bonds. The van der Waals surface area contributed by atoms with E-state index in [2.05, 4.69) is 0 Å². The summed E-state index contributed by atoms with van der Waals surface area (Å²) in [6, 6.07) is 7.13. The van der Waals surface area contributed by atoms with Crippen molar-refractivity contribution in [1.82, 2.24) is 0 Å². The second-order valence-corrected chi connectivity index (χ2v) is 5.85. The number of fused-ring (bicyclic) bond motifs is 1. The zero-order chi connectivity index (χ0) is 14.9. The smallest absolute Gasteiger partial charge is 0.414 e. The lowest BCUT2D eigenvalue weighted by atomic mass is 10.2. The fraction of sp³-hybridized carbons (Fsp3) is 0.429. The highest BCUT2D eigenvalue weighted by Crippen LogP contribution is 2.34. The monoisotopic (exact) mass is 296 g/mol. The van der Waals surface area contributed by atoms with Gasteiger partial charge in [0.2, 0.25) is 0 Å². The molecule has 0 aliphatic carbocycles. The van der Waals surface area contributed by atoms with Gasteiger partial charge in [0.25, 0.3) is 0 Å². The largest absolute Gasteiger partial charge is 0.443 e. The number of para-hydroxylation sites is 2. The van der Waals surface area contributed by atoms with E-state index in [9.17, 15) is 9.59 Å². The molecule has 6 heteroatoms. The summed E-state index contributed by atoms with van der Waals surface area (Å²) in [5, 5.41) is -0.554. The molecule has 0 bridgehead atoms.